The van der Waals surface area contributed by atoms with Gasteiger partial charge in [0.25, 0.3) is 0 Å². The smallest absolute Gasteiger partial charge is 0.229 e. The predicted octanol–water partition coefficient (Wildman–Crippen LogP) is 3.30. The first-order valence-electron chi connectivity index (χ1n) is 8.30. The molecule has 0 bridgehead atoms. The second kappa shape index (κ2) is 6.97. The highest BCUT2D eigenvalue weighted by Gasteiger charge is 2.35. The van der Waals surface area contributed by atoms with Crippen molar-refractivity contribution in [3.63, 3.8) is 0 Å². The van der Waals surface area contributed by atoms with Crippen molar-refractivity contribution in [3.05, 3.63) is 53.6 Å². The Morgan fingerprint density at radius 1 is 1.12 bits per heavy atom. The van der Waals surface area contributed by atoms with Crippen LogP contribution in [0.5, 0.6) is 5.75 Å². The Balaban J connectivity index is 1.68. The van der Waals surface area contributed by atoms with Crippen molar-refractivity contribution in [1.29, 1.82) is 0 Å². The number of carbonyl (C=O) groups is 2. The van der Waals surface area contributed by atoms with Crippen LogP contribution in [-0.4, -0.2) is 25.5 Å². The van der Waals surface area contributed by atoms with Crippen LogP contribution in [0.4, 0.5) is 11.4 Å². The second-order valence-electron chi connectivity index (χ2n) is 6.39. The van der Waals surface area contributed by atoms with Crippen molar-refractivity contribution in [3.8, 4) is 5.75 Å². The van der Waals surface area contributed by atoms with Gasteiger partial charge in [-0.3, -0.25) is 9.59 Å². The summed E-state index contributed by atoms with van der Waals surface area (Å²) in [4.78, 5) is 26.5. The van der Waals surface area contributed by atoms with Crippen LogP contribution in [0.1, 0.15) is 17.5 Å². The van der Waals surface area contributed by atoms with E-state index in [-0.39, 0.29) is 24.2 Å². The van der Waals surface area contributed by atoms with Gasteiger partial charge in [-0.15, -0.1) is 0 Å². The van der Waals surface area contributed by atoms with Crippen molar-refractivity contribution in [2.45, 2.75) is 20.3 Å². The third-order valence-corrected chi connectivity index (χ3v) is 4.66. The number of benzene rings is 2. The zero-order valence-corrected chi connectivity index (χ0v) is 14.7. The largest absolute Gasteiger partial charge is 0.497 e. The number of nitrogens with one attached hydrogen (secondary N) is 1. The van der Waals surface area contributed by atoms with Crippen LogP contribution < -0.4 is 15.0 Å². The van der Waals surface area contributed by atoms with Gasteiger partial charge in [0.05, 0.1) is 13.0 Å². The van der Waals surface area contributed by atoms with E-state index in [1.165, 1.54) is 5.56 Å². The summed E-state index contributed by atoms with van der Waals surface area (Å²) >= 11 is 0. The van der Waals surface area contributed by atoms with Crippen molar-refractivity contribution >= 4 is 23.2 Å². The average Bonchev–Trinajstić information content (AvgIpc) is 3.00. The van der Waals surface area contributed by atoms with E-state index in [0.717, 1.165) is 17.0 Å². The van der Waals surface area contributed by atoms with Crippen molar-refractivity contribution in [1.82, 2.24) is 0 Å². The molecule has 0 radical (unpaired) electrons. The standard InChI is InChI=1S/C20H22N2O3/c1-13-4-7-17(10-14(13)2)22-12-15(11-19(22)23)20(24)21-16-5-8-18(25-3)9-6-16/h4-10,15H,11-12H2,1-3H3,(H,21,24)/t15-/m1/s1. The number of aryl methyl sites for hydroxylation is 2. The zero-order chi connectivity index (χ0) is 18.0. The maximum absolute atomic E-state index is 12.5. The molecule has 0 spiro atoms. The molecule has 3 rings (SSSR count). The average molecular weight is 338 g/mol. The number of rotatable bonds is 4. The maximum atomic E-state index is 12.5. The van der Waals surface area contributed by atoms with Crippen LogP contribution in [0, 0.1) is 19.8 Å². The van der Waals surface area contributed by atoms with E-state index in [1.807, 2.05) is 32.0 Å². The molecule has 2 aromatic rings. The molecule has 5 heteroatoms. The minimum Gasteiger partial charge on any atom is -0.497 e. The van der Waals surface area contributed by atoms with Gasteiger partial charge in [0.15, 0.2) is 0 Å². The summed E-state index contributed by atoms with van der Waals surface area (Å²) in [6.07, 6.45) is 0.231. The normalized spacial score (nSPS) is 16.8. The third kappa shape index (κ3) is 3.65. The van der Waals surface area contributed by atoms with Crippen LogP contribution in [0.2, 0.25) is 0 Å². The van der Waals surface area contributed by atoms with E-state index in [0.29, 0.717) is 12.2 Å². The molecule has 2 aromatic carbocycles. The fourth-order valence-electron chi connectivity index (χ4n) is 2.94. The van der Waals surface area contributed by atoms with Gasteiger partial charge in [0.1, 0.15) is 5.75 Å². The molecule has 1 atom stereocenters. The second-order valence-corrected chi connectivity index (χ2v) is 6.39. The fraction of sp³-hybridized carbons (Fsp3) is 0.300. The minimum atomic E-state index is -0.351. The van der Waals surface area contributed by atoms with E-state index in [2.05, 4.69) is 5.32 Å². The Hall–Kier alpha value is -2.82. The monoisotopic (exact) mass is 338 g/mol. The molecule has 1 aliphatic heterocycles. The fourth-order valence-corrected chi connectivity index (χ4v) is 2.94. The van der Waals surface area contributed by atoms with Crippen molar-refractivity contribution < 1.29 is 14.3 Å². The molecule has 0 saturated carbocycles. The SMILES string of the molecule is COc1ccc(NC(=O)[C@@H]2CC(=O)N(c3ccc(C)c(C)c3)C2)cc1. The predicted molar refractivity (Wildman–Crippen MR) is 98.0 cm³/mol. The van der Waals surface area contributed by atoms with E-state index in [1.54, 1.807) is 36.3 Å². The number of methoxy groups -OCH3 is 1. The summed E-state index contributed by atoms with van der Waals surface area (Å²) in [5.41, 5.74) is 3.87. The lowest BCUT2D eigenvalue weighted by atomic mass is 10.1. The van der Waals surface area contributed by atoms with Crippen LogP contribution in [0.25, 0.3) is 0 Å². The van der Waals surface area contributed by atoms with E-state index < -0.39 is 0 Å². The topological polar surface area (TPSA) is 58.6 Å². The zero-order valence-electron chi connectivity index (χ0n) is 14.7. The Morgan fingerprint density at radius 2 is 1.84 bits per heavy atom. The van der Waals surface area contributed by atoms with Gasteiger partial charge in [0.2, 0.25) is 11.8 Å². The lowest BCUT2D eigenvalue weighted by Gasteiger charge is -2.18. The van der Waals surface area contributed by atoms with Gasteiger partial charge in [-0.05, 0) is 61.4 Å². The number of nitrogens with zero attached hydrogens (tertiary/aromatic N) is 1. The molecule has 1 N–H and O–H groups in total. The molecule has 130 valence electrons. The first kappa shape index (κ1) is 17.0. The van der Waals surface area contributed by atoms with E-state index in [9.17, 15) is 9.59 Å². The summed E-state index contributed by atoms with van der Waals surface area (Å²) in [5, 5.41) is 2.87. The molecule has 1 heterocycles. The minimum absolute atomic E-state index is 0.0156. The van der Waals surface area contributed by atoms with Crippen LogP contribution in [0.3, 0.4) is 0 Å². The van der Waals surface area contributed by atoms with Gasteiger partial charge < -0.3 is 15.0 Å². The summed E-state index contributed by atoms with van der Waals surface area (Å²) in [7, 11) is 1.60. The number of hydrogen-bond donors (Lipinski definition) is 1. The lowest BCUT2D eigenvalue weighted by molar-refractivity contribution is -0.122. The Morgan fingerprint density at radius 3 is 2.48 bits per heavy atom. The van der Waals surface area contributed by atoms with Gasteiger partial charge in [-0.2, -0.15) is 0 Å². The van der Waals surface area contributed by atoms with Gasteiger partial charge in [0, 0.05) is 24.3 Å². The van der Waals surface area contributed by atoms with Crippen LogP contribution in [0.15, 0.2) is 42.5 Å². The molecule has 2 amide bonds. The quantitative estimate of drug-likeness (QED) is 0.930. The molecule has 0 aliphatic carbocycles. The lowest BCUT2D eigenvalue weighted by Crippen LogP contribution is -2.28. The van der Waals surface area contributed by atoms with E-state index >= 15 is 0 Å². The molecule has 25 heavy (non-hydrogen) atoms. The summed E-state index contributed by atoms with van der Waals surface area (Å²) in [6.45, 7) is 4.46. The third-order valence-electron chi connectivity index (χ3n) is 4.66. The number of anilines is 2. The molecule has 1 aliphatic rings. The molecule has 5 nitrogen and oxygen atoms in total. The highest BCUT2D eigenvalue weighted by Crippen LogP contribution is 2.27. The first-order valence-corrected chi connectivity index (χ1v) is 8.30. The van der Waals surface area contributed by atoms with Crippen molar-refractivity contribution in [2.75, 3.05) is 23.9 Å². The molecular weight excluding hydrogens is 316 g/mol. The molecule has 0 unspecified atom stereocenters. The van der Waals surface area contributed by atoms with Crippen LogP contribution >= 0.6 is 0 Å². The number of hydrogen-bond acceptors (Lipinski definition) is 3. The number of ether oxygens (including phenoxy) is 1. The molecular formula is C20H22N2O3. The van der Waals surface area contributed by atoms with Crippen LogP contribution in [-0.2, 0) is 9.59 Å². The van der Waals surface area contributed by atoms with Crippen molar-refractivity contribution in [2.24, 2.45) is 5.92 Å². The van der Waals surface area contributed by atoms with Gasteiger partial charge in [-0.1, -0.05) is 6.07 Å². The number of carbonyl (C=O) groups excluding carboxylic acids is 2. The summed E-state index contributed by atoms with van der Waals surface area (Å²) in [6, 6.07) is 13.1. The Kier molecular flexibility index (Phi) is 4.74. The molecule has 0 aromatic heterocycles. The number of amides is 2. The Bertz CT molecular complexity index is 799. The highest BCUT2D eigenvalue weighted by molar-refractivity contribution is 6.03. The maximum Gasteiger partial charge on any atom is 0.229 e. The van der Waals surface area contributed by atoms with Gasteiger partial charge in [-0.25, -0.2) is 0 Å². The summed E-state index contributed by atoms with van der Waals surface area (Å²) in [5.74, 6) is 0.231. The van der Waals surface area contributed by atoms with Gasteiger partial charge >= 0.3 is 0 Å². The summed E-state index contributed by atoms with van der Waals surface area (Å²) < 4.78 is 5.11. The first-order chi connectivity index (χ1) is 12.0. The highest BCUT2D eigenvalue weighted by atomic mass is 16.5. The van der Waals surface area contributed by atoms with E-state index in [4.69, 9.17) is 4.74 Å². The Labute approximate surface area is 147 Å². The molecule has 1 fully saturated rings. The molecule has 1 saturated heterocycles.